The van der Waals surface area contributed by atoms with Gasteiger partial charge in [-0.05, 0) is 51.8 Å². The van der Waals surface area contributed by atoms with Crippen molar-refractivity contribution in [2.24, 2.45) is 0 Å². The molecule has 0 spiro atoms. The number of benzene rings is 2. The van der Waals surface area contributed by atoms with Crippen LogP contribution in [-0.4, -0.2) is 0 Å². The van der Waals surface area contributed by atoms with E-state index in [-0.39, 0.29) is 5.56 Å². The fourth-order valence-electron chi connectivity index (χ4n) is 1.58. The maximum atomic E-state index is 13.2. The summed E-state index contributed by atoms with van der Waals surface area (Å²) in [7, 11) is 0. The third kappa shape index (κ3) is 3.46. The van der Waals surface area contributed by atoms with Gasteiger partial charge < -0.3 is 5.32 Å². The van der Waals surface area contributed by atoms with Gasteiger partial charge in [0, 0.05) is 16.7 Å². The molecule has 0 aliphatic heterocycles. The van der Waals surface area contributed by atoms with Gasteiger partial charge >= 0.3 is 0 Å². The second-order valence-electron chi connectivity index (χ2n) is 3.91. The summed E-state index contributed by atoms with van der Waals surface area (Å²) in [6, 6.07) is 11.8. The van der Waals surface area contributed by atoms with Crippen molar-refractivity contribution in [1.82, 2.24) is 0 Å². The molecule has 2 nitrogen and oxygen atoms in total. The van der Waals surface area contributed by atoms with E-state index in [4.69, 9.17) is 16.9 Å². The molecule has 1 N–H and O–H groups in total. The zero-order valence-corrected chi connectivity index (χ0v) is 12.1. The molecule has 0 heterocycles. The fourth-order valence-corrected chi connectivity index (χ4v) is 2.01. The summed E-state index contributed by atoms with van der Waals surface area (Å²) in [5, 5.41) is 12.5. The van der Waals surface area contributed by atoms with Crippen molar-refractivity contribution in [2.45, 2.75) is 6.54 Å². The van der Waals surface area contributed by atoms with E-state index in [0.717, 1.165) is 15.7 Å². The van der Waals surface area contributed by atoms with Gasteiger partial charge in [-0.25, -0.2) is 4.39 Å². The first-order valence-corrected chi connectivity index (χ1v) is 6.64. The van der Waals surface area contributed by atoms with E-state index in [0.29, 0.717) is 11.6 Å². The smallest absolute Gasteiger partial charge is 0.140 e. The second kappa shape index (κ2) is 6.05. The first-order valence-electron chi connectivity index (χ1n) is 5.47. The third-order valence-electron chi connectivity index (χ3n) is 2.57. The molecule has 0 amide bonds. The van der Waals surface area contributed by atoms with Crippen LogP contribution in [0.3, 0.4) is 0 Å². The molecule has 0 radical (unpaired) electrons. The Labute approximate surface area is 123 Å². The van der Waals surface area contributed by atoms with Crippen molar-refractivity contribution >= 4 is 33.2 Å². The van der Waals surface area contributed by atoms with Crippen LogP contribution >= 0.6 is 27.5 Å². The minimum Gasteiger partial charge on any atom is -0.381 e. The Balaban J connectivity index is 2.10. The van der Waals surface area contributed by atoms with Gasteiger partial charge in [-0.15, -0.1) is 0 Å². The van der Waals surface area contributed by atoms with Crippen LogP contribution < -0.4 is 5.32 Å². The molecule has 5 heteroatoms. The molecule has 0 saturated heterocycles. The summed E-state index contributed by atoms with van der Waals surface area (Å²) in [6.45, 7) is 0.493. The Morgan fingerprint density at radius 2 is 2.05 bits per heavy atom. The van der Waals surface area contributed by atoms with Crippen LogP contribution in [0, 0.1) is 17.1 Å². The number of hydrogen-bond acceptors (Lipinski definition) is 2. The van der Waals surface area contributed by atoms with E-state index in [1.54, 1.807) is 12.1 Å². The lowest BCUT2D eigenvalue weighted by atomic mass is 10.1. The lowest BCUT2D eigenvalue weighted by molar-refractivity contribution is 0.623. The number of anilines is 1. The SMILES string of the molecule is N#Cc1cc(CNc2ccc(Br)c(Cl)c2)ccc1F. The topological polar surface area (TPSA) is 35.8 Å². The predicted molar refractivity (Wildman–Crippen MR) is 77.6 cm³/mol. The number of nitrogens with zero attached hydrogens (tertiary/aromatic N) is 1. The molecule has 19 heavy (non-hydrogen) atoms. The van der Waals surface area contributed by atoms with Crippen LogP contribution in [-0.2, 0) is 6.54 Å². The van der Waals surface area contributed by atoms with E-state index in [1.807, 2.05) is 18.2 Å². The van der Waals surface area contributed by atoms with Gasteiger partial charge in [0.2, 0.25) is 0 Å². The molecule has 2 aromatic carbocycles. The summed E-state index contributed by atoms with van der Waals surface area (Å²) < 4.78 is 14.0. The molecule has 0 bridgehead atoms. The maximum absolute atomic E-state index is 13.2. The van der Waals surface area contributed by atoms with E-state index in [1.165, 1.54) is 12.1 Å². The predicted octanol–water partition coefficient (Wildman–Crippen LogP) is 4.73. The lowest BCUT2D eigenvalue weighted by Crippen LogP contribution is -2.00. The Bertz CT molecular complexity index is 652. The minimum absolute atomic E-state index is 0.0492. The summed E-state index contributed by atoms with van der Waals surface area (Å²) in [5.41, 5.74) is 1.74. The average Bonchev–Trinajstić information content (AvgIpc) is 2.41. The van der Waals surface area contributed by atoms with Gasteiger partial charge in [0.05, 0.1) is 10.6 Å². The van der Waals surface area contributed by atoms with Crippen LogP contribution in [0.1, 0.15) is 11.1 Å². The average molecular weight is 340 g/mol. The Hall–Kier alpha value is -1.57. The number of rotatable bonds is 3. The third-order valence-corrected chi connectivity index (χ3v) is 3.80. The monoisotopic (exact) mass is 338 g/mol. The van der Waals surface area contributed by atoms with Crippen LogP contribution in [0.15, 0.2) is 40.9 Å². The normalized spacial score (nSPS) is 10.0. The fraction of sp³-hybridized carbons (Fsp3) is 0.0714. The minimum atomic E-state index is -0.502. The van der Waals surface area contributed by atoms with Crippen LogP contribution in [0.25, 0.3) is 0 Å². The van der Waals surface area contributed by atoms with Crippen LogP contribution in [0.4, 0.5) is 10.1 Å². The van der Waals surface area contributed by atoms with Crippen molar-refractivity contribution in [2.75, 3.05) is 5.32 Å². The highest BCUT2D eigenvalue weighted by atomic mass is 79.9. The molecule has 0 aromatic heterocycles. The van der Waals surface area contributed by atoms with Crippen molar-refractivity contribution in [3.8, 4) is 6.07 Å². The van der Waals surface area contributed by atoms with E-state index < -0.39 is 5.82 Å². The molecular formula is C14H9BrClFN2. The number of hydrogen-bond donors (Lipinski definition) is 1. The van der Waals surface area contributed by atoms with Crippen molar-refractivity contribution < 1.29 is 4.39 Å². The number of halogens is 3. The van der Waals surface area contributed by atoms with E-state index in [9.17, 15) is 4.39 Å². The van der Waals surface area contributed by atoms with Gasteiger partial charge in [-0.2, -0.15) is 5.26 Å². The molecule has 0 fully saturated rings. The standard InChI is InChI=1S/C14H9BrClFN2/c15-12-3-2-11(6-13(12)16)19-8-9-1-4-14(17)10(5-9)7-18/h1-6,19H,8H2. The van der Waals surface area contributed by atoms with Crippen molar-refractivity contribution in [3.63, 3.8) is 0 Å². The molecule has 2 rings (SSSR count). The molecule has 0 saturated carbocycles. The highest BCUT2D eigenvalue weighted by Gasteiger charge is 2.03. The van der Waals surface area contributed by atoms with Gasteiger partial charge in [0.15, 0.2) is 0 Å². The molecule has 0 atom stereocenters. The first kappa shape index (κ1) is 13.9. The Morgan fingerprint density at radius 1 is 1.26 bits per heavy atom. The summed E-state index contributed by atoms with van der Waals surface area (Å²) >= 11 is 9.30. The highest BCUT2D eigenvalue weighted by molar-refractivity contribution is 9.10. The summed E-state index contributed by atoms with van der Waals surface area (Å²) in [6.07, 6.45) is 0. The van der Waals surface area contributed by atoms with Gasteiger partial charge in [-0.1, -0.05) is 17.7 Å². The van der Waals surface area contributed by atoms with Gasteiger partial charge in [0.1, 0.15) is 11.9 Å². The Morgan fingerprint density at radius 3 is 2.74 bits per heavy atom. The maximum Gasteiger partial charge on any atom is 0.140 e. The highest BCUT2D eigenvalue weighted by Crippen LogP contribution is 2.25. The lowest BCUT2D eigenvalue weighted by Gasteiger charge is -2.08. The molecular weight excluding hydrogens is 331 g/mol. The van der Waals surface area contributed by atoms with Crippen LogP contribution in [0.2, 0.25) is 5.02 Å². The zero-order valence-electron chi connectivity index (χ0n) is 9.75. The molecule has 0 unspecified atom stereocenters. The van der Waals surface area contributed by atoms with Gasteiger partial charge in [0.25, 0.3) is 0 Å². The quantitative estimate of drug-likeness (QED) is 0.878. The van der Waals surface area contributed by atoms with Crippen LogP contribution in [0.5, 0.6) is 0 Å². The Kier molecular flexibility index (Phi) is 4.41. The summed E-state index contributed by atoms with van der Waals surface area (Å²) in [4.78, 5) is 0. The zero-order chi connectivity index (χ0) is 13.8. The first-order chi connectivity index (χ1) is 9.10. The number of nitrogens with one attached hydrogen (secondary N) is 1. The largest absolute Gasteiger partial charge is 0.381 e. The molecule has 96 valence electrons. The molecule has 0 aliphatic carbocycles. The van der Waals surface area contributed by atoms with Gasteiger partial charge in [-0.3, -0.25) is 0 Å². The molecule has 2 aromatic rings. The van der Waals surface area contributed by atoms with E-state index >= 15 is 0 Å². The van der Waals surface area contributed by atoms with E-state index in [2.05, 4.69) is 21.2 Å². The van der Waals surface area contributed by atoms with Crippen molar-refractivity contribution in [3.05, 3.63) is 62.8 Å². The number of nitriles is 1. The second-order valence-corrected chi connectivity index (χ2v) is 5.17. The van der Waals surface area contributed by atoms with Crippen molar-refractivity contribution in [1.29, 1.82) is 5.26 Å². The summed E-state index contributed by atoms with van der Waals surface area (Å²) in [5.74, 6) is -0.502. The molecule has 0 aliphatic rings.